The van der Waals surface area contributed by atoms with Crippen molar-refractivity contribution < 1.29 is 0 Å². The third-order valence-electron chi connectivity index (χ3n) is 1.56. The van der Waals surface area contributed by atoms with Crippen molar-refractivity contribution in [2.24, 2.45) is 0 Å². The summed E-state index contributed by atoms with van der Waals surface area (Å²) in [6.07, 6.45) is 1.69. The lowest BCUT2D eigenvalue weighted by atomic mass is 10.3. The maximum Gasteiger partial charge on any atom is 0.135 e. The first kappa shape index (κ1) is 8.00. The van der Waals surface area contributed by atoms with Crippen LogP contribution in [-0.4, -0.2) is 9.97 Å². The van der Waals surface area contributed by atoms with Crippen molar-refractivity contribution in [3.8, 4) is 10.6 Å². The van der Waals surface area contributed by atoms with E-state index in [4.69, 9.17) is 11.5 Å². The van der Waals surface area contributed by atoms with E-state index in [0.29, 0.717) is 11.6 Å². The molecule has 0 saturated carbocycles. The summed E-state index contributed by atoms with van der Waals surface area (Å²) in [4.78, 5) is 8.09. The fraction of sp³-hybridized carbons (Fsp3) is 0. The second-order valence-corrected chi connectivity index (χ2v) is 3.41. The van der Waals surface area contributed by atoms with Gasteiger partial charge in [0.25, 0.3) is 0 Å². The lowest BCUT2D eigenvalue weighted by Crippen LogP contribution is -1.89. The summed E-state index contributed by atoms with van der Waals surface area (Å²) in [5, 5.41) is 2.66. The summed E-state index contributed by atoms with van der Waals surface area (Å²) in [6, 6.07) is 3.62. The standard InChI is InChI=1S/C8H8N4S/c9-6-2-1-5(3-11-6)8-12-7(10)4-13-8/h1-4H,10H2,(H2,9,11). The molecule has 5 heteroatoms. The molecular formula is C8H8N4S. The molecular weight excluding hydrogens is 184 g/mol. The van der Waals surface area contributed by atoms with E-state index in [1.165, 1.54) is 11.3 Å². The molecule has 0 atom stereocenters. The maximum atomic E-state index is 5.50. The molecule has 4 N–H and O–H groups in total. The Balaban J connectivity index is 2.41. The van der Waals surface area contributed by atoms with Gasteiger partial charge >= 0.3 is 0 Å². The van der Waals surface area contributed by atoms with Crippen molar-refractivity contribution in [3.05, 3.63) is 23.7 Å². The van der Waals surface area contributed by atoms with Crippen LogP contribution in [0, 0.1) is 0 Å². The third-order valence-corrected chi connectivity index (χ3v) is 2.46. The Bertz CT molecular complexity index is 406. The zero-order chi connectivity index (χ0) is 9.26. The first-order chi connectivity index (χ1) is 6.25. The van der Waals surface area contributed by atoms with Gasteiger partial charge in [-0.25, -0.2) is 9.97 Å². The van der Waals surface area contributed by atoms with Crippen LogP contribution in [-0.2, 0) is 0 Å². The number of nitrogen functional groups attached to an aromatic ring is 2. The molecule has 0 fully saturated rings. The topological polar surface area (TPSA) is 77.8 Å². The lowest BCUT2D eigenvalue weighted by Gasteiger charge is -1.95. The van der Waals surface area contributed by atoms with Gasteiger partial charge in [-0.2, -0.15) is 0 Å². The van der Waals surface area contributed by atoms with Gasteiger partial charge in [0, 0.05) is 17.1 Å². The quantitative estimate of drug-likeness (QED) is 0.715. The Morgan fingerprint density at radius 3 is 2.54 bits per heavy atom. The zero-order valence-corrected chi connectivity index (χ0v) is 7.58. The number of nitrogens with zero attached hydrogens (tertiary/aromatic N) is 2. The average Bonchev–Trinajstić information content (AvgIpc) is 2.53. The number of hydrogen-bond donors (Lipinski definition) is 2. The molecule has 0 spiro atoms. The summed E-state index contributed by atoms with van der Waals surface area (Å²) in [6.45, 7) is 0. The van der Waals surface area contributed by atoms with Gasteiger partial charge in [-0.1, -0.05) is 0 Å². The molecule has 2 aromatic rings. The Kier molecular flexibility index (Phi) is 1.86. The number of aromatic nitrogens is 2. The SMILES string of the molecule is Nc1ccc(-c2nc(N)cs2)cn1. The molecule has 2 rings (SSSR count). The van der Waals surface area contributed by atoms with Crippen molar-refractivity contribution in [2.45, 2.75) is 0 Å². The highest BCUT2D eigenvalue weighted by Gasteiger charge is 2.02. The fourth-order valence-electron chi connectivity index (χ4n) is 0.951. The number of hydrogen-bond acceptors (Lipinski definition) is 5. The first-order valence-electron chi connectivity index (χ1n) is 3.68. The fourth-order valence-corrected chi connectivity index (χ4v) is 1.65. The van der Waals surface area contributed by atoms with E-state index in [1.807, 2.05) is 6.07 Å². The summed E-state index contributed by atoms with van der Waals surface area (Å²) < 4.78 is 0. The average molecular weight is 192 g/mol. The monoisotopic (exact) mass is 192 g/mol. The summed E-state index contributed by atoms with van der Waals surface area (Å²) >= 11 is 1.49. The van der Waals surface area contributed by atoms with Gasteiger partial charge in [0.2, 0.25) is 0 Å². The molecule has 0 unspecified atom stereocenters. The number of rotatable bonds is 1. The van der Waals surface area contributed by atoms with Crippen LogP contribution in [0.4, 0.5) is 11.6 Å². The highest BCUT2D eigenvalue weighted by atomic mass is 32.1. The Morgan fingerprint density at radius 2 is 2.00 bits per heavy atom. The summed E-state index contributed by atoms with van der Waals surface area (Å²) in [5.74, 6) is 1.05. The van der Waals surface area contributed by atoms with E-state index in [9.17, 15) is 0 Å². The van der Waals surface area contributed by atoms with Gasteiger partial charge < -0.3 is 11.5 Å². The minimum Gasteiger partial charge on any atom is -0.384 e. The zero-order valence-electron chi connectivity index (χ0n) is 6.77. The smallest absolute Gasteiger partial charge is 0.135 e. The minimum atomic E-state index is 0.508. The first-order valence-corrected chi connectivity index (χ1v) is 4.56. The summed E-state index contributed by atoms with van der Waals surface area (Å²) in [7, 11) is 0. The summed E-state index contributed by atoms with van der Waals surface area (Å²) in [5.41, 5.74) is 11.9. The Morgan fingerprint density at radius 1 is 1.15 bits per heavy atom. The van der Waals surface area contributed by atoms with Gasteiger partial charge in [-0.3, -0.25) is 0 Å². The number of anilines is 2. The van der Waals surface area contributed by atoms with Gasteiger partial charge in [-0.15, -0.1) is 11.3 Å². The van der Waals surface area contributed by atoms with Gasteiger partial charge in [0.05, 0.1) is 0 Å². The predicted octanol–water partition coefficient (Wildman–Crippen LogP) is 1.37. The van der Waals surface area contributed by atoms with Gasteiger partial charge in [0.15, 0.2) is 0 Å². The highest BCUT2D eigenvalue weighted by Crippen LogP contribution is 2.23. The van der Waals surface area contributed by atoms with Crippen molar-refractivity contribution in [2.75, 3.05) is 11.5 Å². The third kappa shape index (κ3) is 1.59. The molecule has 0 aliphatic heterocycles. The highest BCUT2D eigenvalue weighted by molar-refractivity contribution is 7.13. The van der Waals surface area contributed by atoms with Crippen LogP contribution < -0.4 is 11.5 Å². The number of nitrogens with two attached hydrogens (primary N) is 2. The van der Waals surface area contributed by atoms with Crippen molar-refractivity contribution in [1.82, 2.24) is 9.97 Å². The van der Waals surface area contributed by atoms with E-state index < -0.39 is 0 Å². The van der Waals surface area contributed by atoms with Crippen molar-refractivity contribution in [3.63, 3.8) is 0 Å². The molecule has 0 aliphatic rings. The second kappa shape index (κ2) is 3.02. The van der Waals surface area contributed by atoms with E-state index in [0.717, 1.165) is 10.6 Å². The molecule has 13 heavy (non-hydrogen) atoms. The number of pyridine rings is 1. The van der Waals surface area contributed by atoms with Crippen molar-refractivity contribution >= 4 is 23.0 Å². The van der Waals surface area contributed by atoms with E-state index in [2.05, 4.69) is 9.97 Å². The lowest BCUT2D eigenvalue weighted by molar-refractivity contribution is 1.32. The largest absolute Gasteiger partial charge is 0.384 e. The van der Waals surface area contributed by atoms with E-state index in [-0.39, 0.29) is 0 Å². The predicted molar refractivity (Wildman–Crippen MR) is 54.2 cm³/mol. The van der Waals surface area contributed by atoms with Crippen LogP contribution in [0.5, 0.6) is 0 Å². The van der Waals surface area contributed by atoms with Crippen LogP contribution in [0.15, 0.2) is 23.7 Å². The van der Waals surface area contributed by atoms with Crippen LogP contribution >= 0.6 is 11.3 Å². The maximum absolute atomic E-state index is 5.50. The van der Waals surface area contributed by atoms with Crippen LogP contribution in [0.2, 0.25) is 0 Å². The second-order valence-electron chi connectivity index (χ2n) is 2.55. The normalized spacial score (nSPS) is 10.2. The Labute approximate surface area is 79.2 Å². The van der Waals surface area contributed by atoms with Crippen LogP contribution in [0.1, 0.15) is 0 Å². The molecule has 66 valence electrons. The molecule has 0 saturated heterocycles. The molecule has 0 aromatic carbocycles. The minimum absolute atomic E-state index is 0.508. The van der Waals surface area contributed by atoms with Gasteiger partial charge in [0.1, 0.15) is 16.6 Å². The molecule has 0 amide bonds. The van der Waals surface area contributed by atoms with Crippen LogP contribution in [0.25, 0.3) is 10.6 Å². The number of thiazole rings is 1. The molecule has 0 radical (unpaired) electrons. The Hall–Kier alpha value is -1.62. The van der Waals surface area contributed by atoms with E-state index >= 15 is 0 Å². The molecule has 0 bridgehead atoms. The molecule has 0 aliphatic carbocycles. The molecule has 2 heterocycles. The molecule has 4 nitrogen and oxygen atoms in total. The van der Waals surface area contributed by atoms with Gasteiger partial charge in [-0.05, 0) is 12.1 Å². The van der Waals surface area contributed by atoms with Crippen LogP contribution in [0.3, 0.4) is 0 Å². The molecule has 2 aromatic heterocycles. The van der Waals surface area contributed by atoms with E-state index in [1.54, 1.807) is 17.6 Å². The van der Waals surface area contributed by atoms with Crippen molar-refractivity contribution in [1.29, 1.82) is 0 Å².